The van der Waals surface area contributed by atoms with Crippen LogP contribution in [0, 0.1) is 5.41 Å². The molecule has 0 fully saturated rings. The largest absolute Gasteiger partial charge is 0.273 e. The molecule has 0 bridgehead atoms. The third-order valence-electron chi connectivity index (χ3n) is 2.94. The highest BCUT2D eigenvalue weighted by Crippen LogP contribution is 2.20. The second-order valence-electron chi connectivity index (χ2n) is 5.69. The molecule has 0 heterocycles. The SMILES string of the molecule is CC(C)(C)C(=O)NS(=O)(=O)c1ccc2ccccc2c1. The first-order valence-corrected chi connectivity index (χ1v) is 7.74. The molecule has 0 aromatic heterocycles. The van der Waals surface area contributed by atoms with Gasteiger partial charge in [0.1, 0.15) is 0 Å². The lowest BCUT2D eigenvalue weighted by Gasteiger charge is -2.17. The Hall–Kier alpha value is -1.88. The molecule has 0 unspecified atom stereocenters. The molecule has 0 aliphatic rings. The number of benzene rings is 2. The minimum absolute atomic E-state index is 0.0915. The van der Waals surface area contributed by atoms with Gasteiger partial charge in [0.05, 0.1) is 4.90 Å². The fourth-order valence-electron chi connectivity index (χ4n) is 1.67. The van der Waals surface area contributed by atoms with E-state index in [2.05, 4.69) is 4.72 Å². The first-order chi connectivity index (χ1) is 9.20. The second-order valence-corrected chi connectivity index (χ2v) is 7.38. The summed E-state index contributed by atoms with van der Waals surface area (Å²) in [6.45, 7) is 4.99. The summed E-state index contributed by atoms with van der Waals surface area (Å²) >= 11 is 0. The average molecular weight is 291 g/mol. The highest BCUT2D eigenvalue weighted by atomic mass is 32.2. The maximum atomic E-state index is 12.2. The van der Waals surface area contributed by atoms with Crippen molar-refractivity contribution in [3.8, 4) is 0 Å². The van der Waals surface area contributed by atoms with E-state index in [1.165, 1.54) is 6.07 Å². The average Bonchev–Trinajstić information content (AvgIpc) is 2.36. The Morgan fingerprint density at radius 1 is 1.00 bits per heavy atom. The first kappa shape index (κ1) is 14.5. The van der Waals surface area contributed by atoms with Crippen LogP contribution in [0.5, 0.6) is 0 Å². The zero-order valence-electron chi connectivity index (χ0n) is 11.7. The number of hydrogen-bond donors (Lipinski definition) is 1. The Morgan fingerprint density at radius 3 is 2.20 bits per heavy atom. The van der Waals surface area contributed by atoms with E-state index in [1.807, 2.05) is 24.3 Å². The van der Waals surface area contributed by atoms with Crippen molar-refractivity contribution in [2.24, 2.45) is 5.41 Å². The molecule has 20 heavy (non-hydrogen) atoms. The van der Waals surface area contributed by atoms with E-state index in [1.54, 1.807) is 32.9 Å². The van der Waals surface area contributed by atoms with Gasteiger partial charge in [0, 0.05) is 5.41 Å². The van der Waals surface area contributed by atoms with E-state index in [-0.39, 0.29) is 4.90 Å². The van der Waals surface area contributed by atoms with E-state index >= 15 is 0 Å². The first-order valence-electron chi connectivity index (χ1n) is 6.26. The van der Waals surface area contributed by atoms with E-state index in [4.69, 9.17) is 0 Å². The minimum Gasteiger partial charge on any atom is -0.273 e. The van der Waals surface area contributed by atoms with Crippen molar-refractivity contribution in [3.05, 3.63) is 42.5 Å². The number of sulfonamides is 1. The maximum absolute atomic E-state index is 12.2. The van der Waals surface area contributed by atoms with Crippen LogP contribution in [-0.4, -0.2) is 14.3 Å². The van der Waals surface area contributed by atoms with Gasteiger partial charge < -0.3 is 0 Å². The van der Waals surface area contributed by atoms with Gasteiger partial charge in [-0.05, 0) is 22.9 Å². The van der Waals surface area contributed by atoms with Gasteiger partial charge in [-0.1, -0.05) is 51.1 Å². The summed E-state index contributed by atoms with van der Waals surface area (Å²) in [7, 11) is -3.83. The van der Waals surface area contributed by atoms with E-state index in [0.29, 0.717) is 0 Å². The Morgan fingerprint density at radius 2 is 1.60 bits per heavy atom. The predicted molar refractivity (Wildman–Crippen MR) is 78.7 cm³/mol. The van der Waals surface area contributed by atoms with Gasteiger partial charge in [-0.3, -0.25) is 4.79 Å². The van der Waals surface area contributed by atoms with E-state index < -0.39 is 21.3 Å². The summed E-state index contributed by atoms with van der Waals surface area (Å²) in [5, 5.41) is 1.77. The lowest BCUT2D eigenvalue weighted by molar-refractivity contribution is -0.126. The Bertz CT molecular complexity index is 758. The van der Waals surface area contributed by atoms with Crippen molar-refractivity contribution in [1.29, 1.82) is 0 Å². The minimum atomic E-state index is -3.83. The summed E-state index contributed by atoms with van der Waals surface area (Å²) in [5.41, 5.74) is -0.760. The van der Waals surface area contributed by atoms with Crippen molar-refractivity contribution in [2.75, 3.05) is 0 Å². The summed E-state index contributed by atoms with van der Waals surface area (Å²) in [6, 6.07) is 12.3. The highest BCUT2D eigenvalue weighted by Gasteiger charge is 2.26. The molecule has 5 heteroatoms. The molecule has 106 valence electrons. The van der Waals surface area contributed by atoms with Crippen molar-refractivity contribution >= 4 is 26.7 Å². The Labute approximate surface area is 118 Å². The number of hydrogen-bond acceptors (Lipinski definition) is 3. The molecule has 0 spiro atoms. The number of rotatable bonds is 2. The monoisotopic (exact) mass is 291 g/mol. The second kappa shape index (κ2) is 4.90. The molecule has 2 rings (SSSR count). The highest BCUT2D eigenvalue weighted by molar-refractivity contribution is 7.90. The number of carbonyl (C=O) groups is 1. The molecular weight excluding hydrogens is 274 g/mol. The van der Waals surface area contributed by atoms with Crippen molar-refractivity contribution < 1.29 is 13.2 Å². The van der Waals surface area contributed by atoms with Gasteiger partial charge >= 0.3 is 0 Å². The van der Waals surface area contributed by atoms with Crippen LogP contribution in [0.1, 0.15) is 20.8 Å². The van der Waals surface area contributed by atoms with Crippen LogP contribution in [-0.2, 0) is 14.8 Å². The molecule has 2 aromatic carbocycles. The summed E-state index contributed by atoms with van der Waals surface area (Å²) in [4.78, 5) is 11.9. The van der Waals surface area contributed by atoms with Crippen LogP contribution in [0.3, 0.4) is 0 Å². The third kappa shape index (κ3) is 2.99. The fraction of sp³-hybridized carbons (Fsp3) is 0.267. The molecule has 0 saturated heterocycles. The number of fused-ring (bicyclic) bond motifs is 1. The van der Waals surface area contributed by atoms with Gasteiger partial charge in [-0.25, -0.2) is 13.1 Å². The van der Waals surface area contributed by atoms with Crippen LogP contribution >= 0.6 is 0 Å². The quantitative estimate of drug-likeness (QED) is 0.925. The lowest BCUT2D eigenvalue weighted by atomic mass is 9.96. The predicted octanol–water partition coefficient (Wildman–Crippen LogP) is 2.69. The zero-order chi connectivity index (χ0) is 15.0. The summed E-state index contributed by atoms with van der Waals surface area (Å²) < 4.78 is 26.5. The Kier molecular flexibility index (Phi) is 3.56. The summed E-state index contributed by atoms with van der Waals surface area (Å²) in [5.74, 6) is -0.523. The zero-order valence-corrected chi connectivity index (χ0v) is 12.5. The van der Waals surface area contributed by atoms with Gasteiger partial charge in [0.25, 0.3) is 10.0 Å². The lowest BCUT2D eigenvalue weighted by Crippen LogP contribution is -2.38. The maximum Gasteiger partial charge on any atom is 0.264 e. The third-order valence-corrected chi connectivity index (χ3v) is 4.27. The standard InChI is InChI=1S/C15H17NO3S/c1-15(2,3)14(17)16-20(18,19)13-9-8-11-6-4-5-7-12(11)10-13/h4-10H,1-3H3,(H,16,17). The fourth-order valence-corrected chi connectivity index (χ4v) is 2.87. The summed E-state index contributed by atoms with van der Waals surface area (Å²) in [6.07, 6.45) is 0. The molecular formula is C15H17NO3S. The van der Waals surface area contributed by atoms with Gasteiger partial charge in [-0.15, -0.1) is 0 Å². The molecule has 0 atom stereocenters. The van der Waals surface area contributed by atoms with Gasteiger partial charge in [-0.2, -0.15) is 0 Å². The molecule has 0 radical (unpaired) electrons. The topological polar surface area (TPSA) is 63.2 Å². The molecule has 0 saturated carbocycles. The van der Waals surface area contributed by atoms with Crippen molar-refractivity contribution in [1.82, 2.24) is 4.72 Å². The molecule has 0 aliphatic carbocycles. The molecule has 1 N–H and O–H groups in total. The molecule has 0 aliphatic heterocycles. The van der Waals surface area contributed by atoms with Crippen LogP contribution < -0.4 is 4.72 Å². The molecule has 1 amide bonds. The number of nitrogens with one attached hydrogen (secondary N) is 1. The van der Waals surface area contributed by atoms with Crippen molar-refractivity contribution in [3.63, 3.8) is 0 Å². The van der Waals surface area contributed by atoms with Gasteiger partial charge in [0.15, 0.2) is 0 Å². The normalized spacial score (nSPS) is 12.3. The van der Waals surface area contributed by atoms with E-state index in [9.17, 15) is 13.2 Å². The van der Waals surface area contributed by atoms with Crippen LogP contribution in [0.15, 0.2) is 47.4 Å². The van der Waals surface area contributed by atoms with E-state index in [0.717, 1.165) is 10.8 Å². The van der Waals surface area contributed by atoms with Crippen LogP contribution in [0.4, 0.5) is 0 Å². The smallest absolute Gasteiger partial charge is 0.264 e. The molecule has 2 aromatic rings. The molecule has 4 nitrogen and oxygen atoms in total. The van der Waals surface area contributed by atoms with Gasteiger partial charge in [0.2, 0.25) is 5.91 Å². The van der Waals surface area contributed by atoms with Crippen LogP contribution in [0.2, 0.25) is 0 Å². The number of amides is 1. The Balaban J connectivity index is 2.39. The number of carbonyl (C=O) groups excluding carboxylic acids is 1. The van der Waals surface area contributed by atoms with Crippen molar-refractivity contribution in [2.45, 2.75) is 25.7 Å². The van der Waals surface area contributed by atoms with Crippen LogP contribution in [0.25, 0.3) is 10.8 Å².